The van der Waals surface area contributed by atoms with Gasteiger partial charge in [0, 0.05) is 13.1 Å². The molecule has 2 amide bonds. The van der Waals surface area contributed by atoms with Crippen LogP contribution >= 0.6 is 0 Å². The van der Waals surface area contributed by atoms with Gasteiger partial charge in [0.05, 0.1) is 17.7 Å². The number of methoxy groups -OCH3 is 1. The molecule has 0 aliphatic heterocycles. The Morgan fingerprint density at radius 3 is 2.17 bits per heavy atom. The lowest BCUT2D eigenvalue weighted by atomic mass is 10.1. The number of aryl methyl sites for hydroxylation is 2. The van der Waals surface area contributed by atoms with Crippen molar-refractivity contribution < 1.29 is 22.7 Å². The average molecular weight is 580 g/mol. The number of hydrogen-bond donors (Lipinski definition) is 1. The van der Waals surface area contributed by atoms with Gasteiger partial charge in [0.1, 0.15) is 18.3 Å². The maximum atomic E-state index is 14.1. The first-order valence-electron chi connectivity index (χ1n) is 14.0. The van der Waals surface area contributed by atoms with Gasteiger partial charge in [0.2, 0.25) is 11.8 Å². The number of ether oxygens (including phenoxy) is 1. The molecule has 0 fully saturated rings. The van der Waals surface area contributed by atoms with Crippen molar-refractivity contribution in [3.63, 3.8) is 0 Å². The van der Waals surface area contributed by atoms with Crippen molar-refractivity contribution in [2.24, 2.45) is 0 Å². The van der Waals surface area contributed by atoms with E-state index >= 15 is 0 Å². The number of hydrogen-bond acceptors (Lipinski definition) is 5. The minimum absolute atomic E-state index is 0.0291. The summed E-state index contributed by atoms with van der Waals surface area (Å²) in [5.74, 6) is -0.197. The van der Waals surface area contributed by atoms with E-state index in [9.17, 15) is 18.0 Å². The van der Waals surface area contributed by atoms with E-state index in [4.69, 9.17) is 4.74 Å². The van der Waals surface area contributed by atoms with Gasteiger partial charge in [-0.2, -0.15) is 0 Å². The summed E-state index contributed by atoms with van der Waals surface area (Å²) in [4.78, 5) is 29.0. The van der Waals surface area contributed by atoms with Crippen LogP contribution in [0.2, 0.25) is 0 Å². The highest BCUT2D eigenvalue weighted by atomic mass is 32.2. The lowest BCUT2D eigenvalue weighted by Gasteiger charge is -2.33. The topological polar surface area (TPSA) is 96.0 Å². The summed E-state index contributed by atoms with van der Waals surface area (Å²) in [7, 11) is -2.64. The monoisotopic (exact) mass is 579 g/mol. The van der Waals surface area contributed by atoms with Crippen molar-refractivity contribution in [1.29, 1.82) is 0 Å². The van der Waals surface area contributed by atoms with Crippen LogP contribution in [0.1, 0.15) is 49.8 Å². The minimum Gasteiger partial charge on any atom is -0.497 e. The Balaban J connectivity index is 2.04. The summed E-state index contributed by atoms with van der Waals surface area (Å²) in [5, 5.41) is 2.95. The third-order valence-corrected chi connectivity index (χ3v) is 8.85. The first-order chi connectivity index (χ1) is 19.6. The number of rotatable bonds is 14. The van der Waals surface area contributed by atoms with Crippen LogP contribution in [0.25, 0.3) is 0 Å². The summed E-state index contributed by atoms with van der Waals surface area (Å²) >= 11 is 0. The number of benzene rings is 3. The Kier molecular flexibility index (Phi) is 11.3. The van der Waals surface area contributed by atoms with E-state index in [0.717, 1.165) is 33.8 Å². The zero-order valence-corrected chi connectivity index (χ0v) is 25.4. The van der Waals surface area contributed by atoms with Gasteiger partial charge in [-0.05, 0) is 74.2 Å². The summed E-state index contributed by atoms with van der Waals surface area (Å²) in [6, 6.07) is 19.9. The fourth-order valence-electron chi connectivity index (χ4n) is 4.51. The SMILES string of the molecule is CCCCNC(=O)C(CC)N(Cc1ccccc1C)C(=O)CN(c1ccc(C)cc1)S(=O)(=O)c1ccc(OC)cc1. The second-order valence-electron chi connectivity index (χ2n) is 10.0. The summed E-state index contributed by atoms with van der Waals surface area (Å²) < 4.78 is 34.2. The lowest BCUT2D eigenvalue weighted by Crippen LogP contribution is -2.52. The largest absolute Gasteiger partial charge is 0.497 e. The Labute approximate surface area is 244 Å². The van der Waals surface area contributed by atoms with Crippen molar-refractivity contribution in [2.45, 2.75) is 64.4 Å². The van der Waals surface area contributed by atoms with Gasteiger partial charge in [-0.3, -0.25) is 13.9 Å². The fourth-order valence-corrected chi connectivity index (χ4v) is 5.93. The van der Waals surface area contributed by atoms with E-state index in [2.05, 4.69) is 5.32 Å². The van der Waals surface area contributed by atoms with Crippen LogP contribution in [0, 0.1) is 13.8 Å². The quantitative estimate of drug-likeness (QED) is 0.264. The van der Waals surface area contributed by atoms with Gasteiger partial charge < -0.3 is 15.0 Å². The number of nitrogens with one attached hydrogen (secondary N) is 1. The highest BCUT2D eigenvalue weighted by Gasteiger charge is 2.33. The molecule has 3 aromatic carbocycles. The molecule has 8 nitrogen and oxygen atoms in total. The molecule has 9 heteroatoms. The first-order valence-corrected chi connectivity index (χ1v) is 15.4. The number of amides is 2. The fraction of sp³-hybridized carbons (Fsp3) is 0.375. The van der Waals surface area contributed by atoms with Crippen molar-refractivity contribution in [1.82, 2.24) is 10.2 Å². The molecule has 3 rings (SSSR count). The normalized spacial score (nSPS) is 11.9. The maximum absolute atomic E-state index is 14.1. The lowest BCUT2D eigenvalue weighted by molar-refractivity contribution is -0.140. The Bertz CT molecular complexity index is 1410. The van der Waals surface area contributed by atoms with Crippen LogP contribution in [-0.2, 0) is 26.2 Å². The zero-order valence-electron chi connectivity index (χ0n) is 24.6. The van der Waals surface area contributed by atoms with Crippen molar-refractivity contribution >= 4 is 27.5 Å². The number of sulfonamides is 1. The molecule has 0 aliphatic carbocycles. The predicted octanol–water partition coefficient (Wildman–Crippen LogP) is 5.23. The van der Waals surface area contributed by atoms with Gasteiger partial charge in [0.25, 0.3) is 10.0 Å². The van der Waals surface area contributed by atoms with E-state index in [1.807, 2.05) is 52.0 Å². The first kappa shape index (κ1) is 31.7. The van der Waals surface area contributed by atoms with E-state index < -0.39 is 28.5 Å². The molecule has 0 aromatic heterocycles. The highest BCUT2D eigenvalue weighted by molar-refractivity contribution is 7.92. The van der Waals surface area contributed by atoms with Gasteiger partial charge >= 0.3 is 0 Å². The molecule has 0 saturated carbocycles. The zero-order chi connectivity index (χ0) is 30.0. The number of carbonyl (C=O) groups is 2. The van der Waals surface area contributed by atoms with Crippen molar-refractivity contribution in [3.05, 3.63) is 89.5 Å². The molecule has 1 N–H and O–H groups in total. The molecule has 3 aromatic rings. The highest BCUT2D eigenvalue weighted by Crippen LogP contribution is 2.26. The predicted molar refractivity (Wildman–Crippen MR) is 162 cm³/mol. The molecule has 0 spiro atoms. The maximum Gasteiger partial charge on any atom is 0.264 e. The second-order valence-corrected chi connectivity index (χ2v) is 11.9. The summed E-state index contributed by atoms with van der Waals surface area (Å²) in [6.07, 6.45) is 2.14. The van der Waals surface area contributed by atoms with Crippen LogP contribution in [0.15, 0.2) is 77.7 Å². The molecular weight excluding hydrogens is 538 g/mol. The van der Waals surface area contributed by atoms with Crippen LogP contribution in [-0.4, -0.2) is 51.4 Å². The van der Waals surface area contributed by atoms with E-state index in [0.29, 0.717) is 24.4 Å². The molecule has 0 radical (unpaired) electrons. The molecule has 0 aliphatic rings. The van der Waals surface area contributed by atoms with E-state index in [1.54, 1.807) is 36.4 Å². The number of anilines is 1. The second kappa shape index (κ2) is 14.7. The average Bonchev–Trinajstić information content (AvgIpc) is 2.97. The number of nitrogens with zero attached hydrogens (tertiary/aromatic N) is 2. The number of carbonyl (C=O) groups excluding carboxylic acids is 2. The molecule has 1 unspecified atom stereocenters. The van der Waals surface area contributed by atoms with Gasteiger partial charge in [-0.15, -0.1) is 0 Å². The van der Waals surface area contributed by atoms with Crippen molar-refractivity contribution in [3.8, 4) is 5.75 Å². The van der Waals surface area contributed by atoms with E-state index in [1.165, 1.54) is 24.1 Å². The van der Waals surface area contributed by atoms with Crippen LogP contribution in [0.5, 0.6) is 5.75 Å². The Morgan fingerprint density at radius 2 is 1.59 bits per heavy atom. The number of unbranched alkanes of at least 4 members (excludes halogenated alkanes) is 1. The molecule has 0 bridgehead atoms. The molecule has 0 heterocycles. The van der Waals surface area contributed by atoms with Gasteiger partial charge in [-0.1, -0.05) is 62.2 Å². The van der Waals surface area contributed by atoms with Crippen LogP contribution in [0.3, 0.4) is 0 Å². The molecule has 0 saturated heterocycles. The van der Waals surface area contributed by atoms with Gasteiger partial charge in [-0.25, -0.2) is 8.42 Å². The molecule has 220 valence electrons. The summed E-state index contributed by atoms with van der Waals surface area (Å²) in [5.41, 5.74) is 3.18. The van der Waals surface area contributed by atoms with Crippen LogP contribution in [0.4, 0.5) is 5.69 Å². The van der Waals surface area contributed by atoms with Gasteiger partial charge in [0.15, 0.2) is 0 Å². The molecule has 41 heavy (non-hydrogen) atoms. The molecular formula is C32H41N3O5S. The standard InChI is InChI=1S/C32H41N3O5S/c1-6-8-21-33-32(37)30(7-2)34(22-26-12-10-9-11-25(26)4)31(36)23-35(27-15-13-24(3)14-16-27)41(38,39)29-19-17-28(40-5)18-20-29/h9-20,30H,6-8,21-23H2,1-5H3,(H,33,37). The molecule has 1 atom stereocenters. The third-order valence-electron chi connectivity index (χ3n) is 7.07. The minimum atomic E-state index is -4.14. The Hall–Kier alpha value is -3.85. The summed E-state index contributed by atoms with van der Waals surface area (Å²) in [6.45, 7) is 7.97. The smallest absolute Gasteiger partial charge is 0.264 e. The third kappa shape index (κ3) is 8.10. The van der Waals surface area contributed by atoms with E-state index in [-0.39, 0.29) is 17.3 Å². The van der Waals surface area contributed by atoms with Crippen molar-refractivity contribution in [2.75, 3.05) is 24.5 Å². The van der Waals surface area contributed by atoms with Crippen LogP contribution < -0.4 is 14.4 Å². The Morgan fingerprint density at radius 1 is 0.927 bits per heavy atom.